The maximum absolute atomic E-state index is 5.24. The molecule has 1 aliphatic rings. The Morgan fingerprint density at radius 1 is 1.09 bits per heavy atom. The zero-order chi connectivity index (χ0) is 15.5. The van der Waals surface area contributed by atoms with Crippen LogP contribution in [0.5, 0.6) is 5.75 Å². The summed E-state index contributed by atoms with van der Waals surface area (Å²) in [7, 11) is 1.67. The number of nitrogens with zero attached hydrogens (tertiary/aromatic N) is 1. The van der Waals surface area contributed by atoms with E-state index in [0.29, 0.717) is 0 Å². The SMILES string of the molecule is C=CC1=C(C)Sc2ccccc2C(c2ccc(OC)cc2)=N1. The molecule has 22 heavy (non-hydrogen) atoms. The number of ether oxygens (including phenoxy) is 1. The van der Waals surface area contributed by atoms with E-state index in [4.69, 9.17) is 9.73 Å². The molecule has 1 aliphatic heterocycles. The van der Waals surface area contributed by atoms with Crippen LogP contribution in [0.3, 0.4) is 0 Å². The fourth-order valence-electron chi connectivity index (χ4n) is 2.39. The van der Waals surface area contributed by atoms with Crippen molar-refractivity contribution in [3.8, 4) is 5.75 Å². The summed E-state index contributed by atoms with van der Waals surface area (Å²) < 4.78 is 5.24. The van der Waals surface area contributed by atoms with Crippen molar-refractivity contribution in [2.24, 2.45) is 4.99 Å². The van der Waals surface area contributed by atoms with Gasteiger partial charge >= 0.3 is 0 Å². The van der Waals surface area contributed by atoms with E-state index < -0.39 is 0 Å². The monoisotopic (exact) mass is 307 g/mol. The number of benzene rings is 2. The van der Waals surface area contributed by atoms with Gasteiger partial charge in [-0.3, -0.25) is 0 Å². The van der Waals surface area contributed by atoms with Crippen LogP contribution in [0.15, 0.2) is 81.7 Å². The molecular weight excluding hydrogens is 290 g/mol. The third kappa shape index (κ3) is 2.72. The molecule has 1 heterocycles. The predicted octanol–water partition coefficient (Wildman–Crippen LogP) is 5.06. The van der Waals surface area contributed by atoms with Crippen molar-refractivity contribution in [2.75, 3.05) is 7.11 Å². The number of rotatable bonds is 3. The first-order chi connectivity index (χ1) is 10.7. The van der Waals surface area contributed by atoms with Gasteiger partial charge in [-0.25, -0.2) is 4.99 Å². The van der Waals surface area contributed by atoms with Crippen LogP contribution < -0.4 is 4.74 Å². The highest BCUT2D eigenvalue weighted by atomic mass is 32.2. The van der Waals surface area contributed by atoms with Crippen LogP contribution in [0, 0.1) is 0 Å². The summed E-state index contributed by atoms with van der Waals surface area (Å²) in [4.78, 5) is 7.23. The minimum atomic E-state index is 0.844. The highest BCUT2D eigenvalue weighted by molar-refractivity contribution is 8.03. The van der Waals surface area contributed by atoms with Crippen LogP contribution in [0.2, 0.25) is 0 Å². The standard InChI is InChI=1S/C19H17NOS/c1-4-17-13(2)22-18-8-6-5-7-16(18)19(20-17)14-9-11-15(21-3)12-10-14/h4-12H,1H2,2-3H3. The summed E-state index contributed by atoms with van der Waals surface area (Å²) in [6.45, 7) is 5.98. The first-order valence-corrected chi connectivity index (χ1v) is 7.88. The van der Waals surface area contributed by atoms with Gasteiger partial charge in [0.05, 0.1) is 18.5 Å². The Morgan fingerprint density at radius 2 is 1.82 bits per heavy atom. The van der Waals surface area contributed by atoms with E-state index >= 15 is 0 Å². The second-order valence-corrected chi connectivity index (χ2v) is 6.19. The van der Waals surface area contributed by atoms with Gasteiger partial charge in [0, 0.05) is 20.9 Å². The second kappa shape index (κ2) is 6.24. The summed E-state index contributed by atoms with van der Waals surface area (Å²) in [5, 5.41) is 0. The van der Waals surface area contributed by atoms with E-state index in [-0.39, 0.29) is 0 Å². The summed E-state index contributed by atoms with van der Waals surface area (Å²) in [5.74, 6) is 0.844. The van der Waals surface area contributed by atoms with E-state index in [2.05, 4.69) is 31.7 Å². The van der Waals surface area contributed by atoms with Crippen molar-refractivity contribution < 1.29 is 4.74 Å². The number of thioether (sulfide) groups is 1. The number of methoxy groups -OCH3 is 1. The Kier molecular flexibility index (Phi) is 4.16. The van der Waals surface area contributed by atoms with Crippen LogP contribution >= 0.6 is 11.8 Å². The third-order valence-corrected chi connectivity index (χ3v) is 4.65. The van der Waals surface area contributed by atoms with Gasteiger partial charge in [0.2, 0.25) is 0 Å². The average molecular weight is 307 g/mol. The van der Waals surface area contributed by atoms with Crippen LogP contribution in [0.4, 0.5) is 0 Å². The largest absolute Gasteiger partial charge is 0.497 e. The Balaban J connectivity index is 2.19. The topological polar surface area (TPSA) is 21.6 Å². The summed E-state index contributed by atoms with van der Waals surface area (Å²) in [6, 6.07) is 16.4. The highest BCUT2D eigenvalue weighted by Crippen LogP contribution is 2.36. The fourth-order valence-corrected chi connectivity index (χ4v) is 3.37. The number of fused-ring (bicyclic) bond motifs is 1. The van der Waals surface area contributed by atoms with Crippen LogP contribution in [-0.2, 0) is 0 Å². The first-order valence-electron chi connectivity index (χ1n) is 7.06. The molecule has 2 aromatic rings. The van der Waals surface area contributed by atoms with E-state index in [1.54, 1.807) is 18.9 Å². The lowest BCUT2D eigenvalue weighted by molar-refractivity contribution is 0.415. The first kappa shape index (κ1) is 14.7. The van der Waals surface area contributed by atoms with Gasteiger partial charge in [-0.05, 0) is 43.3 Å². The third-order valence-electron chi connectivity index (χ3n) is 3.56. The predicted molar refractivity (Wildman–Crippen MR) is 93.8 cm³/mol. The molecule has 0 fully saturated rings. The van der Waals surface area contributed by atoms with Gasteiger partial charge in [-0.1, -0.05) is 36.5 Å². The molecular formula is C19H17NOS. The van der Waals surface area contributed by atoms with Gasteiger partial charge < -0.3 is 4.74 Å². The number of hydrogen-bond donors (Lipinski definition) is 0. The number of allylic oxidation sites excluding steroid dienone is 2. The lowest BCUT2D eigenvalue weighted by Gasteiger charge is -2.10. The zero-order valence-electron chi connectivity index (χ0n) is 12.7. The fraction of sp³-hybridized carbons (Fsp3) is 0.105. The Bertz CT molecular complexity index is 772. The molecule has 0 unspecified atom stereocenters. The van der Waals surface area contributed by atoms with Gasteiger partial charge in [-0.15, -0.1) is 0 Å². The molecule has 0 bridgehead atoms. The van der Waals surface area contributed by atoms with E-state index in [1.807, 2.05) is 36.4 Å². The summed E-state index contributed by atoms with van der Waals surface area (Å²) in [6.07, 6.45) is 1.82. The van der Waals surface area contributed by atoms with Crippen molar-refractivity contribution in [1.29, 1.82) is 0 Å². The average Bonchev–Trinajstić information content (AvgIpc) is 2.71. The van der Waals surface area contributed by atoms with E-state index in [1.165, 1.54) is 4.90 Å². The van der Waals surface area contributed by atoms with Gasteiger partial charge in [0.1, 0.15) is 5.75 Å². The molecule has 2 nitrogen and oxygen atoms in total. The minimum Gasteiger partial charge on any atom is -0.497 e. The lowest BCUT2D eigenvalue weighted by atomic mass is 10.0. The summed E-state index contributed by atoms with van der Waals surface area (Å²) in [5.41, 5.74) is 4.11. The van der Waals surface area contributed by atoms with Crippen molar-refractivity contribution in [1.82, 2.24) is 0 Å². The van der Waals surface area contributed by atoms with Crippen molar-refractivity contribution in [2.45, 2.75) is 11.8 Å². The van der Waals surface area contributed by atoms with Gasteiger partial charge in [-0.2, -0.15) is 0 Å². The van der Waals surface area contributed by atoms with E-state index in [0.717, 1.165) is 33.2 Å². The molecule has 0 aromatic heterocycles. The summed E-state index contributed by atoms with van der Waals surface area (Å²) >= 11 is 1.74. The second-order valence-electron chi connectivity index (χ2n) is 4.93. The molecule has 0 N–H and O–H groups in total. The minimum absolute atomic E-state index is 0.844. The molecule has 0 radical (unpaired) electrons. The van der Waals surface area contributed by atoms with E-state index in [9.17, 15) is 0 Å². The molecule has 0 spiro atoms. The zero-order valence-corrected chi connectivity index (χ0v) is 13.5. The highest BCUT2D eigenvalue weighted by Gasteiger charge is 2.17. The van der Waals surface area contributed by atoms with Crippen LogP contribution in [0.25, 0.3) is 0 Å². The van der Waals surface area contributed by atoms with Gasteiger partial charge in [0.15, 0.2) is 0 Å². The lowest BCUT2D eigenvalue weighted by Crippen LogP contribution is -2.04. The molecule has 2 aromatic carbocycles. The molecule has 110 valence electrons. The molecule has 0 aliphatic carbocycles. The number of aliphatic imine (C=N–C) groups is 1. The number of hydrogen-bond acceptors (Lipinski definition) is 3. The molecule has 0 amide bonds. The maximum Gasteiger partial charge on any atom is 0.118 e. The Labute approximate surface area is 135 Å². The maximum atomic E-state index is 5.24. The Hall–Kier alpha value is -2.26. The van der Waals surface area contributed by atoms with Crippen molar-refractivity contribution in [3.63, 3.8) is 0 Å². The normalized spacial score (nSPS) is 14.0. The smallest absolute Gasteiger partial charge is 0.118 e. The quantitative estimate of drug-likeness (QED) is 0.791. The Morgan fingerprint density at radius 3 is 2.50 bits per heavy atom. The molecule has 0 atom stereocenters. The molecule has 0 saturated heterocycles. The van der Waals surface area contributed by atoms with Crippen molar-refractivity contribution >= 4 is 17.5 Å². The van der Waals surface area contributed by atoms with Crippen molar-refractivity contribution in [3.05, 3.63) is 82.9 Å². The molecule has 3 rings (SSSR count). The molecule has 0 saturated carbocycles. The van der Waals surface area contributed by atoms with Crippen LogP contribution in [-0.4, -0.2) is 12.8 Å². The molecule has 3 heteroatoms. The van der Waals surface area contributed by atoms with Gasteiger partial charge in [0.25, 0.3) is 0 Å². The van der Waals surface area contributed by atoms with Crippen LogP contribution in [0.1, 0.15) is 18.1 Å².